The van der Waals surface area contributed by atoms with E-state index in [9.17, 15) is 4.79 Å². The van der Waals surface area contributed by atoms with E-state index in [1.165, 1.54) is 19.3 Å². The number of rotatable bonds is 2. The molecule has 3 nitrogen and oxygen atoms in total. The number of anilines is 1. The Bertz CT molecular complexity index is 426. The maximum absolute atomic E-state index is 12.1. The number of aromatic nitrogens is 1. The third kappa shape index (κ3) is 2.06. The molecule has 17 heavy (non-hydrogen) atoms. The molecule has 0 aromatic carbocycles. The molecule has 3 heteroatoms. The fourth-order valence-corrected chi connectivity index (χ4v) is 3.33. The van der Waals surface area contributed by atoms with Gasteiger partial charge in [-0.25, -0.2) is 4.98 Å². The molecule has 3 rings (SSSR count). The van der Waals surface area contributed by atoms with Crippen LogP contribution in [0.25, 0.3) is 0 Å². The predicted molar refractivity (Wildman–Crippen MR) is 66.5 cm³/mol. The number of nitrogens with zero attached hydrogens (tertiary/aromatic N) is 1. The van der Waals surface area contributed by atoms with Gasteiger partial charge in [0.05, 0.1) is 0 Å². The Balaban J connectivity index is 1.65. The van der Waals surface area contributed by atoms with Crippen LogP contribution in [0.5, 0.6) is 0 Å². The third-order valence-corrected chi connectivity index (χ3v) is 4.24. The summed E-state index contributed by atoms with van der Waals surface area (Å²) in [4.78, 5) is 16.4. The highest BCUT2D eigenvalue weighted by Crippen LogP contribution is 2.48. The van der Waals surface area contributed by atoms with Crippen LogP contribution in [-0.4, -0.2) is 10.9 Å². The second-order valence-corrected chi connectivity index (χ2v) is 5.49. The van der Waals surface area contributed by atoms with E-state index < -0.39 is 0 Å². The van der Waals surface area contributed by atoms with E-state index in [1.54, 1.807) is 6.20 Å². The molecule has 2 aliphatic carbocycles. The summed E-state index contributed by atoms with van der Waals surface area (Å²) in [5.41, 5.74) is 1.11. The second kappa shape index (κ2) is 4.13. The Morgan fingerprint density at radius 3 is 2.82 bits per heavy atom. The van der Waals surface area contributed by atoms with Gasteiger partial charge in [-0.1, -0.05) is 12.5 Å². The molecule has 2 aliphatic rings. The minimum atomic E-state index is 0.175. The number of hydrogen-bond donors (Lipinski definition) is 1. The van der Waals surface area contributed by atoms with Gasteiger partial charge >= 0.3 is 0 Å². The number of aryl methyl sites for hydroxylation is 1. The summed E-state index contributed by atoms with van der Waals surface area (Å²) in [5, 5.41) is 2.95. The van der Waals surface area contributed by atoms with Crippen LogP contribution >= 0.6 is 0 Å². The largest absolute Gasteiger partial charge is 0.310 e. The van der Waals surface area contributed by atoms with Crippen LogP contribution in [0.2, 0.25) is 0 Å². The molecule has 3 unspecified atom stereocenters. The fourth-order valence-electron chi connectivity index (χ4n) is 3.33. The van der Waals surface area contributed by atoms with E-state index >= 15 is 0 Å². The number of fused-ring (bicyclic) bond motifs is 2. The number of pyridine rings is 1. The molecule has 0 radical (unpaired) electrons. The van der Waals surface area contributed by atoms with Crippen molar-refractivity contribution in [1.82, 2.24) is 4.98 Å². The van der Waals surface area contributed by atoms with E-state index in [4.69, 9.17) is 0 Å². The van der Waals surface area contributed by atoms with Crippen LogP contribution < -0.4 is 5.32 Å². The van der Waals surface area contributed by atoms with Crippen molar-refractivity contribution < 1.29 is 4.79 Å². The van der Waals surface area contributed by atoms with Gasteiger partial charge < -0.3 is 5.32 Å². The van der Waals surface area contributed by atoms with Gasteiger partial charge in [0.25, 0.3) is 0 Å². The highest BCUT2D eigenvalue weighted by Gasteiger charge is 2.43. The van der Waals surface area contributed by atoms with Gasteiger partial charge in [0, 0.05) is 12.1 Å². The maximum Gasteiger partial charge on any atom is 0.228 e. The average Bonchev–Trinajstić information content (AvgIpc) is 2.94. The Labute approximate surface area is 102 Å². The molecule has 1 aromatic heterocycles. The number of nitrogens with one attached hydrogen (secondary N) is 1. The smallest absolute Gasteiger partial charge is 0.228 e. The Morgan fingerprint density at radius 2 is 2.24 bits per heavy atom. The molecule has 2 saturated carbocycles. The second-order valence-electron chi connectivity index (χ2n) is 5.49. The number of amides is 1. The number of carbonyl (C=O) groups excluding carboxylic acids is 1. The summed E-state index contributed by atoms with van der Waals surface area (Å²) in [6.45, 7) is 1.99. The van der Waals surface area contributed by atoms with Crippen LogP contribution in [-0.2, 0) is 4.79 Å². The van der Waals surface area contributed by atoms with Crippen molar-refractivity contribution in [3.8, 4) is 0 Å². The Morgan fingerprint density at radius 1 is 1.35 bits per heavy atom. The van der Waals surface area contributed by atoms with E-state index in [1.807, 2.05) is 19.1 Å². The zero-order valence-corrected chi connectivity index (χ0v) is 10.1. The van der Waals surface area contributed by atoms with Crippen LogP contribution in [0.15, 0.2) is 18.3 Å². The van der Waals surface area contributed by atoms with Crippen LogP contribution in [0.1, 0.15) is 31.2 Å². The third-order valence-electron chi connectivity index (χ3n) is 4.24. The molecule has 90 valence electrons. The lowest BCUT2D eigenvalue weighted by atomic mass is 9.88. The number of hydrogen-bond acceptors (Lipinski definition) is 2. The van der Waals surface area contributed by atoms with Gasteiger partial charge in [-0.2, -0.15) is 0 Å². The van der Waals surface area contributed by atoms with E-state index in [0.29, 0.717) is 11.7 Å². The molecule has 1 heterocycles. The summed E-state index contributed by atoms with van der Waals surface area (Å²) in [7, 11) is 0. The van der Waals surface area contributed by atoms with Crippen LogP contribution in [0.3, 0.4) is 0 Å². The van der Waals surface area contributed by atoms with E-state index in [-0.39, 0.29) is 11.8 Å². The fraction of sp³-hybridized carbons (Fsp3) is 0.571. The zero-order valence-electron chi connectivity index (χ0n) is 10.1. The predicted octanol–water partition coefficient (Wildman–Crippen LogP) is 2.76. The monoisotopic (exact) mass is 230 g/mol. The van der Waals surface area contributed by atoms with Gasteiger partial charge in [-0.05, 0) is 49.7 Å². The molecule has 0 aliphatic heterocycles. The lowest BCUT2D eigenvalue weighted by molar-refractivity contribution is -0.121. The lowest BCUT2D eigenvalue weighted by Gasteiger charge is -2.20. The molecule has 1 N–H and O–H groups in total. The summed E-state index contributed by atoms with van der Waals surface area (Å²) >= 11 is 0. The van der Waals surface area contributed by atoms with Crippen LogP contribution in [0.4, 0.5) is 5.82 Å². The van der Waals surface area contributed by atoms with Gasteiger partial charge in [0.2, 0.25) is 5.91 Å². The molecule has 2 bridgehead atoms. The van der Waals surface area contributed by atoms with E-state index in [2.05, 4.69) is 10.3 Å². The van der Waals surface area contributed by atoms with Gasteiger partial charge in [-0.3, -0.25) is 4.79 Å². The van der Waals surface area contributed by atoms with Crippen molar-refractivity contribution in [2.24, 2.45) is 17.8 Å². The molecule has 2 fully saturated rings. The van der Waals surface area contributed by atoms with E-state index in [0.717, 1.165) is 17.9 Å². The van der Waals surface area contributed by atoms with Crippen molar-refractivity contribution >= 4 is 11.7 Å². The standard InChI is InChI=1S/C14H18N2O/c1-9-2-5-13(15-8-9)16-14(17)12-7-10-3-4-11(12)6-10/h2,5,8,10-12H,3-4,6-7H2,1H3,(H,15,16,17). The minimum Gasteiger partial charge on any atom is -0.310 e. The Hall–Kier alpha value is -1.38. The maximum atomic E-state index is 12.1. The molecule has 1 amide bonds. The number of carbonyl (C=O) groups is 1. The highest BCUT2D eigenvalue weighted by atomic mass is 16.2. The first-order chi connectivity index (χ1) is 8.22. The molecule has 1 aromatic rings. The van der Waals surface area contributed by atoms with Crippen molar-refractivity contribution in [3.05, 3.63) is 23.9 Å². The molecule has 0 saturated heterocycles. The van der Waals surface area contributed by atoms with Gasteiger partial charge in [-0.15, -0.1) is 0 Å². The molecular weight excluding hydrogens is 212 g/mol. The summed E-state index contributed by atoms with van der Waals surface area (Å²) in [6.07, 6.45) is 6.71. The zero-order chi connectivity index (χ0) is 11.8. The lowest BCUT2D eigenvalue weighted by Crippen LogP contribution is -2.27. The van der Waals surface area contributed by atoms with Crippen molar-refractivity contribution in [3.63, 3.8) is 0 Å². The summed E-state index contributed by atoms with van der Waals surface area (Å²) < 4.78 is 0. The minimum absolute atomic E-state index is 0.175. The van der Waals surface area contributed by atoms with Crippen molar-refractivity contribution in [2.45, 2.75) is 32.6 Å². The molecular formula is C14H18N2O. The highest BCUT2D eigenvalue weighted by molar-refractivity contribution is 5.92. The summed E-state index contributed by atoms with van der Waals surface area (Å²) in [5.74, 6) is 2.53. The first kappa shape index (κ1) is 10.8. The first-order valence-electron chi connectivity index (χ1n) is 6.46. The molecule has 3 atom stereocenters. The topological polar surface area (TPSA) is 42.0 Å². The van der Waals surface area contributed by atoms with Crippen molar-refractivity contribution in [1.29, 1.82) is 0 Å². The van der Waals surface area contributed by atoms with Crippen molar-refractivity contribution in [2.75, 3.05) is 5.32 Å². The SMILES string of the molecule is Cc1ccc(NC(=O)C2CC3CCC2C3)nc1. The van der Waals surface area contributed by atoms with Crippen LogP contribution in [0, 0.1) is 24.7 Å². The average molecular weight is 230 g/mol. The quantitative estimate of drug-likeness (QED) is 0.848. The Kier molecular flexibility index (Phi) is 2.61. The normalized spacial score (nSPS) is 30.5. The first-order valence-corrected chi connectivity index (χ1v) is 6.46. The molecule has 0 spiro atoms. The van der Waals surface area contributed by atoms with Gasteiger partial charge in [0.1, 0.15) is 5.82 Å². The summed E-state index contributed by atoms with van der Waals surface area (Å²) in [6, 6.07) is 3.85. The van der Waals surface area contributed by atoms with Gasteiger partial charge in [0.15, 0.2) is 0 Å².